The monoisotopic (exact) mass is 214 g/mol. The van der Waals surface area contributed by atoms with E-state index in [9.17, 15) is 0 Å². The van der Waals surface area contributed by atoms with Crippen molar-refractivity contribution >= 4 is 11.3 Å². The molecule has 0 aliphatic heterocycles. The maximum absolute atomic E-state index is 8.98. The fourth-order valence-electron chi connectivity index (χ4n) is 1.11. The van der Waals surface area contributed by atoms with Gasteiger partial charge in [0.2, 0.25) is 0 Å². The zero-order valence-electron chi connectivity index (χ0n) is 8.49. The van der Waals surface area contributed by atoms with Gasteiger partial charge < -0.3 is 15.7 Å². The highest BCUT2D eigenvalue weighted by Crippen LogP contribution is 2.04. The molecule has 0 radical (unpaired) electrons. The fraction of sp³-hybridized carbons (Fsp3) is 0.600. The van der Waals surface area contributed by atoms with E-state index in [1.165, 1.54) is 5.56 Å². The quantitative estimate of drug-likeness (QED) is 0.589. The van der Waals surface area contributed by atoms with Crippen molar-refractivity contribution < 1.29 is 5.11 Å². The Labute approximate surface area is 89.2 Å². The normalized spacial score (nSPS) is 13.0. The van der Waals surface area contributed by atoms with E-state index in [4.69, 9.17) is 5.11 Å². The van der Waals surface area contributed by atoms with Crippen LogP contribution in [0.15, 0.2) is 16.8 Å². The van der Waals surface area contributed by atoms with Gasteiger partial charge in [-0.2, -0.15) is 11.3 Å². The lowest BCUT2D eigenvalue weighted by atomic mass is 10.3. The van der Waals surface area contributed by atoms with Crippen molar-refractivity contribution in [2.75, 3.05) is 19.6 Å². The topological polar surface area (TPSA) is 44.3 Å². The fourth-order valence-corrected chi connectivity index (χ4v) is 1.78. The van der Waals surface area contributed by atoms with Crippen LogP contribution in [-0.4, -0.2) is 30.8 Å². The molecule has 1 atom stereocenters. The average Bonchev–Trinajstić information content (AvgIpc) is 2.63. The van der Waals surface area contributed by atoms with Crippen LogP contribution in [0, 0.1) is 0 Å². The maximum Gasteiger partial charge on any atom is 0.0636 e. The number of thiophene rings is 1. The Balaban J connectivity index is 1.90. The number of rotatable bonds is 7. The minimum Gasteiger partial charge on any atom is -0.392 e. The largest absolute Gasteiger partial charge is 0.392 e. The van der Waals surface area contributed by atoms with E-state index < -0.39 is 0 Å². The predicted octanol–water partition coefficient (Wildman–Crippen LogP) is 0.808. The molecule has 0 aromatic carbocycles. The van der Waals surface area contributed by atoms with Crippen LogP contribution in [0.2, 0.25) is 0 Å². The molecule has 1 rings (SSSR count). The minimum atomic E-state index is -0.258. The standard InChI is InChI=1S/C10H18N2OS/c1-9(13)6-11-3-4-12-7-10-2-5-14-8-10/h2,5,8-9,11-13H,3-4,6-7H2,1H3/t9-/m1/s1. The van der Waals surface area contributed by atoms with E-state index >= 15 is 0 Å². The smallest absolute Gasteiger partial charge is 0.0636 e. The van der Waals surface area contributed by atoms with E-state index in [0.717, 1.165) is 19.6 Å². The summed E-state index contributed by atoms with van der Waals surface area (Å²) in [7, 11) is 0. The molecule has 0 aliphatic rings. The third-order valence-electron chi connectivity index (χ3n) is 1.83. The Morgan fingerprint density at radius 1 is 1.43 bits per heavy atom. The summed E-state index contributed by atoms with van der Waals surface area (Å²) in [6, 6.07) is 2.13. The van der Waals surface area contributed by atoms with Gasteiger partial charge >= 0.3 is 0 Å². The first-order valence-corrected chi connectivity index (χ1v) is 5.84. The van der Waals surface area contributed by atoms with E-state index in [1.54, 1.807) is 18.3 Å². The summed E-state index contributed by atoms with van der Waals surface area (Å²) in [6.07, 6.45) is -0.258. The number of hydrogen-bond acceptors (Lipinski definition) is 4. The van der Waals surface area contributed by atoms with Gasteiger partial charge in [-0.1, -0.05) is 0 Å². The Hall–Kier alpha value is -0.420. The second-order valence-corrected chi connectivity index (χ2v) is 4.14. The van der Waals surface area contributed by atoms with E-state index in [2.05, 4.69) is 27.5 Å². The van der Waals surface area contributed by atoms with Crippen molar-refractivity contribution in [3.05, 3.63) is 22.4 Å². The summed E-state index contributed by atoms with van der Waals surface area (Å²) in [6.45, 7) is 5.21. The van der Waals surface area contributed by atoms with Crippen LogP contribution in [0.5, 0.6) is 0 Å². The summed E-state index contributed by atoms with van der Waals surface area (Å²) in [5.74, 6) is 0. The second kappa shape index (κ2) is 6.95. The summed E-state index contributed by atoms with van der Waals surface area (Å²) in [4.78, 5) is 0. The molecule has 80 valence electrons. The first kappa shape index (κ1) is 11.7. The highest BCUT2D eigenvalue weighted by Gasteiger charge is 1.94. The van der Waals surface area contributed by atoms with Crippen LogP contribution in [0.25, 0.3) is 0 Å². The number of nitrogens with one attached hydrogen (secondary N) is 2. The molecule has 3 nitrogen and oxygen atoms in total. The zero-order valence-corrected chi connectivity index (χ0v) is 9.31. The van der Waals surface area contributed by atoms with Gasteiger partial charge in [0.15, 0.2) is 0 Å². The highest BCUT2D eigenvalue weighted by molar-refractivity contribution is 7.07. The molecule has 0 saturated carbocycles. The molecule has 1 heterocycles. The highest BCUT2D eigenvalue weighted by atomic mass is 32.1. The third kappa shape index (κ3) is 5.34. The van der Waals surface area contributed by atoms with Crippen LogP contribution in [0.1, 0.15) is 12.5 Å². The lowest BCUT2D eigenvalue weighted by molar-refractivity contribution is 0.191. The van der Waals surface area contributed by atoms with Crippen LogP contribution < -0.4 is 10.6 Å². The summed E-state index contributed by atoms with van der Waals surface area (Å²) in [5.41, 5.74) is 1.34. The molecular weight excluding hydrogens is 196 g/mol. The predicted molar refractivity (Wildman–Crippen MR) is 60.6 cm³/mol. The summed E-state index contributed by atoms with van der Waals surface area (Å²) in [5, 5.41) is 19.7. The molecule has 14 heavy (non-hydrogen) atoms. The second-order valence-electron chi connectivity index (χ2n) is 3.36. The molecule has 0 fully saturated rings. The van der Waals surface area contributed by atoms with Crippen LogP contribution in [0.4, 0.5) is 0 Å². The molecule has 1 aromatic heterocycles. The molecule has 0 saturated heterocycles. The van der Waals surface area contributed by atoms with E-state index in [-0.39, 0.29) is 6.10 Å². The van der Waals surface area contributed by atoms with Crippen molar-refractivity contribution in [3.63, 3.8) is 0 Å². The SMILES string of the molecule is C[C@@H](O)CNCCNCc1ccsc1. The Bertz CT molecular complexity index is 224. The zero-order chi connectivity index (χ0) is 10.2. The molecule has 3 N–H and O–H groups in total. The average molecular weight is 214 g/mol. The van der Waals surface area contributed by atoms with E-state index in [1.807, 2.05) is 0 Å². The van der Waals surface area contributed by atoms with Crippen molar-refractivity contribution in [3.8, 4) is 0 Å². The van der Waals surface area contributed by atoms with Crippen LogP contribution in [0.3, 0.4) is 0 Å². The third-order valence-corrected chi connectivity index (χ3v) is 2.56. The molecule has 0 amide bonds. The number of aliphatic hydroxyl groups excluding tert-OH is 1. The Morgan fingerprint density at radius 2 is 2.21 bits per heavy atom. The molecule has 0 spiro atoms. The lowest BCUT2D eigenvalue weighted by Gasteiger charge is -2.07. The van der Waals surface area contributed by atoms with Crippen LogP contribution >= 0.6 is 11.3 Å². The lowest BCUT2D eigenvalue weighted by Crippen LogP contribution is -2.31. The molecule has 0 unspecified atom stereocenters. The minimum absolute atomic E-state index is 0.258. The summed E-state index contributed by atoms with van der Waals surface area (Å²) < 4.78 is 0. The first-order valence-electron chi connectivity index (χ1n) is 4.89. The maximum atomic E-state index is 8.98. The molecule has 0 bridgehead atoms. The van der Waals surface area contributed by atoms with Gasteiger partial charge in [0.25, 0.3) is 0 Å². The molecule has 4 heteroatoms. The van der Waals surface area contributed by atoms with Crippen molar-refractivity contribution in [2.24, 2.45) is 0 Å². The molecular formula is C10H18N2OS. The van der Waals surface area contributed by atoms with Gasteiger partial charge in [0, 0.05) is 26.2 Å². The summed E-state index contributed by atoms with van der Waals surface area (Å²) >= 11 is 1.72. The van der Waals surface area contributed by atoms with Gasteiger partial charge in [0.05, 0.1) is 6.10 Å². The van der Waals surface area contributed by atoms with Gasteiger partial charge in [-0.3, -0.25) is 0 Å². The molecule has 0 aliphatic carbocycles. The Morgan fingerprint density at radius 3 is 2.86 bits per heavy atom. The number of hydrogen-bond donors (Lipinski definition) is 3. The molecule has 1 aromatic rings. The van der Waals surface area contributed by atoms with Crippen molar-refractivity contribution in [1.29, 1.82) is 0 Å². The number of aliphatic hydroxyl groups is 1. The first-order chi connectivity index (χ1) is 6.79. The van der Waals surface area contributed by atoms with Gasteiger partial charge in [-0.15, -0.1) is 0 Å². The van der Waals surface area contributed by atoms with Gasteiger partial charge in [0.1, 0.15) is 0 Å². The van der Waals surface area contributed by atoms with Crippen molar-refractivity contribution in [2.45, 2.75) is 19.6 Å². The van der Waals surface area contributed by atoms with Gasteiger partial charge in [-0.25, -0.2) is 0 Å². The Kier molecular flexibility index (Phi) is 5.78. The van der Waals surface area contributed by atoms with Crippen molar-refractivity contribution in [1.82, 2.24) is 10.6 Å². The van der Waals surface area contributed by atoms with Gasteiger partial charge in [-0.05, 0) is 29.3 Å². The van der Waals surface area contributed by atoms with E-state index in [0.29, 0.717) is 6.54 Å². The van der Waals surface area contributed by atoms with Crippen LogP contribution in [-0.2, 0) is 6.54 Å².